The molecule has 0 spiro atoms. The van der Waals surface area contributed by atoms with Crippen LogP contribution < -0.4 is 10.6 Å². The van der Waals surface area contributed by atoms with Crippen molar-refractivity contribution in [1.29, 1.82) is 5.26 Å². The fourth-order valence-corrected chi connectivity index (χ4v) is 2.48. The van der Waals surface area contributed by atoms with E-state index in [0.29, 0.717) is 12.8 Å². The van der Waals surface area contributed by atoms with Crippen LogP contribution in [0.2, 0.25) is 0 Å². The van der Waals surface area contributed by atoms with Crippen molar-refractivity contribution < 1.29 is 19.1 Å². The van der Waals surface area contributed by atoms with Gasteiger partial charge in [-0.25, -0.2) is 14.0 Å². The second-order valence-electron chi connectivity index (χ2n) is 4.95. The third kappa shape index (κ3) is 2.94. The van der Waals surface area contributed by atoms with E-state index in [2.05, 4.69) is 10.6 Å². The lowest BCUT2D eigenvalue weighted by Crippen LogP contribution is -2.53. The van der Waals surface area contributed by atoms with E-state index in [1.54, 1.807) is 6.07 Å². The van der Waals surface area contributed by atoms with Gasteiger partial charge in [-0.15, -0.1) is 0 Å². The Morgan fingerprint density at radius 2 is 2.00 bits per heavy atom. The summed E-state index contributed by atoms with van der Waals surface area (Å²) in [5, 5.41) is 22.9. The summed E-state index contributed by atoms with van der Waals surface area (Å²) in [5.74, 6) is -1.83. The maximum absolute atomic E-state index is 13.4. The fraction of sp³-hybridized carbons (Fsp3) is 0.357. The van der Waals surface area contributed by atoms with E-state index < -0.39 is 23.4 Å². The molecule has 1 aliphatic carbocycles. The molecule has 0 atom stereocenters. The van der Waals surface area contributed by atoms with Crippen LogP contribution in [0.4, 0.5) is 14.9 Å². The first-order valence-corrected chi connectivity index (χ1v) is 6.50. The van der Waals surface area contributed by atoms with Gasteiger partial charge in [-0.05, 0) is 25.0 Å². The van der Waals surface area contributed by atoms with Gasteiger partial charge in [-0.2, -0.15) is 5.26 Å². The number of carbonyl (C=O) groups excluding carboxylic acids is 1. The quantitative estimate of drug-likeness (QED) is 0.794. The van der Waals surface area contributed by atoms with Crippen molar-refractivity contribution in [1.82, 2.24) is 5.32 Å². The van der Waals surface area contributed by atoms with Gasteiger partial charge in [-0.1, -0.05) is 18.9 Å². The van der Waals surface area contributed by atoms with Crippen LogP contribution in [0.3, 0.4) is 0 Å². The number of hydrogen-bond acceptors (Lipinski definition) is 3. The number of nitrogens with zero attached hydrogens (tertiary/aromatic N) is 1. The summed E-state index contributed by atoms with van der Waals surface area (Å²) in [6, 6.07) is 4.74. The molecule has 6 nitrogen and oxygen atoms in total. The summed E-state index contributed by atoms with van der Waals surface area (Å²) in [6.45, 7) is 0. The average molecular weight is 291 g/mol. The van der Waals surface area contributed by atoms with Gasteiger partial charge in [0.15, 0.2) is 0 Å². The highest BCUT2D eigenvalue weighted by atomic mass is 19.1. The number of aliphatic carboxylic acids is 1. The molecule has 0 aliphatic heterocycles. The Morgan fingerprint density at radius 3 is 2.57 bits per heavy atom. The Morgan fingerprint density at radius 1 is 1.33 bits per heavy atom. The van der Waals surface area contributed by atoms with Crippen molar-refractivity contribution in [3.05, 3.63) is 29.6 Å². The first-order valence-electron chi connectivity index (χ1n) is 6.50. The van der Waals surface area contributed by atoms with Crippen LogP contribution >= 0.6 is 0 Å². The van der Waals surface area contributed by atoms with Crippen LogP contribution in [-0.2, 0) is 4.79 Å². The van der Waals surface area contributed by atoms with Gasteiger partial charge >= 0.3 is 12.0 Å². The zero-order chi connectivity index (χ0) is 15.5. The van der Waals surface area contributed by atoms with Crippen LogP contribution in [0.1, 0.15) is 31.2 Å². The molecule has 1 fully saturated rings. The zero-order valence-electron chi connectivity index (χ0n) is 11.1. The smallest absolute Gasteiger partial charge is 0.329 e. The van der Waals surface area contributed by atoms with E-state index in [0.717, 1.165) is 18.9 Å². The first-order chi connectivity index (χ1) is 9.98. The molecule has 2 rings (SSSR count). The van der Waals surface area contributed by atoms with E-state index in [4.69, 9.17) is 5.26 Å². The van der Waals surface area contributed by atoms with Gasteiger partial charge in [0.1, 0.15) is 23.0 Å². The lowest BCUT2D eigenvalue weighted by atomic mass is 9.98. The van der Waals surface area contributed by atoms with Crippen LogP contribution in [0.5, 0.6) is 0 Å². The number of carbonyl (C=O) groups is 2. The Hall–Kier alpha value is -2.62. The highest BCUT2D eigenvalue weighted by molar-refractivity contribution is 5.95. The Kier molecular flexibility index (Phi) is 4.08. The fourth-order valence-electron chi connectivity index (χ4n) is 2.48. The highest BCUT2D eigenvalue weighted by Gasteiger charge is 2.42. The second-order valence-corrected chi connectivity index (χ2v) is 4.95. The van der Waals surface area contributed by atoms with Gasteiger partial charge < -0.3 is 15.7 Å². The Bertz CT molecular complexity index is 618. The summed E-state index contributed by atoms with van der Waals surface area (Å²) < 4.78 is 13.4. The van der Waals surface area contributed by atoms with Gasteiger partial charge in [0.25, 0.3) is 0 Å². The predicted molar refractivity (Wildman–Crippen MR) is 72.1 cm³/mol. The molecule has 1 saturated carbocycles. The number of benzene rings is 1. The molecule has 0 bridgehead atoms. The van der Waals surface area contributed by atoms with E-state index >= 15 is 0 Å². The van der Waals surface area contributed by atoms with E-state index in [9.17, 15) is 19.1 Å². The number of nitriles is 1. The number of hydrogen-bond donors (Lipinski definition) is 3. The second kappa shape index (κ2) is 5.79. The summed E-state index contributed by atoms with van der Waals surface area (Å²) in [4.78, 5) is 23.3. The molecule has 1 aromatic carbocycles. The van der Waals surface area contributed by atoms with Crippen LogP contribution in [0.25, 0.3) is 0 Å². The maximum atomic E-state index is 13.4. The minimum Gasteiger partial charge on any atom is -0.480 e. The number of anilines is 1. The molecule has 3 N–H and O–H groups in total. The van der Waals surface area contributed by atoms with E-state index in [1.165, 1.54) is 12.1 Å². The van der Waals surface area contributed by atoms with Crippen molar-refractivity contribution in [2.75, 3.05) is 5.32 Å². The van der Waals surface area contributed by atoms with Gasteiger partial charge in [-0.3, -0.25) is 0 Å². The summed E-state index contributed by atoms with van der Waals surface area (Å²) in [5.41, 5.74) is -1.57. The number of carboxylic acids is 1. The lowest BCUT2D eigenvalue weighted by molar-refractivity contribution is -0.144. The van der Waals surface area contributed by atoms with E-state index in [-0.39, 0.29) is 11.3 Å². The molecule has 7 heteroatoms. The molecule has 21 heavy (non-hydrogen) atoms. The average Bonchev–Trinajstić information content (AvgIpc) is 2.88. The minimum atomic E-state index is -1.29. The van der Waals surface area contributed by atoms with E-state index in [1.807, 2.05) is 0 Å². The number of carboxylic acid groups (broad SMARTS) is 1. The molecule has 0 unspecified atom stereocenters. The number of halogens is 1. The zero-order valence-corrected chi connectivity index (χ0v) is 11.1. The molecule has 0 aromatic heterocycles. The number of urea groups is 1. The maximum Gasteiger partial charge on any atom is 0.329 e. The Labute approximate surface area is 120 Å². The molecule has 2 amide bonds. The summed E-state index contributed by atoms with van der Waals surface area (Å²) in [7, 11) is 0. The molecule has 0 radical (unpaired) electrons. The molecule has 110 valence electrons. The third-order valence-electron chi connectivity index (χ3n) is 3.59. The molecule has 0 saturated heterocycles. The normalized spacial score (nSPS) is 16.0. The monoisotopic (exact) mass is 291 g/mol. The standard InChI is InChI=1S/C14H14FN3O3/c15-10-4-3-5-11(9(10)8-16)17-13(21)18-14(12(19)20)6-1-2-7-14/h3-5H,1-2,6-7H2,(H,19,20)(H2,17,18,21). The van der Waals surface area contributed by atoms with Crippen molar-refractivity contribution in [2.24, 2.45) is 0 Å². The Balaban J connectivity index is 2.14. The molecule has 1 aliphatic rings. The van der Waals surface area contributed by atoms with Gasteiger partial charge in [0.05, 0.1) is 5.69 Å². The summed E-state index contributed by atoms with van der Waals surface area (Å²) >= 11 is 0. The number of amides is 2. The van der Waals surface area contributed by atoms with Crippen molar-refractivity contribution in [3.63, 3.8) is 0 Å². The molecular weight excluding hydrogens is 277 g/mol. The third-order valence-corrected chi connectivity index (χ3v) is 3.59. The summed E-state index contributed by atoms with van der Waals surface area (Å²) in [6.07, 6.45) is 2.14. The van der Waals surface area contributed by atoms with Gasteiger partial charge in [0, 0.05) is 0 Å². The van der Waals surface area contributed by atoms with Crippen LogP contribution in [0.15, 0.2) is 18.2 Å². The number of rotatable bonds is 3. The topological polar surface area (TPSA) is 102 Å². The lowest BCUT2D eigenvalue weighted by Gasteiger charge is -2.25. The molecule has 1 aromatic rings. The largest absolute Gasteiger partial charge is 0.480 e. The molecule has 0 heterocycles. The van der Waals surface area contributed by atoms with Crippen molar-refractivity contribution >= 4 is 17.7 Å². The highest BCUT2D eigenvalue weighted by Crippen LogP contribution is 2.30. The minimum absolute atomic E-state index is 0.00790. The predicted octanol–water partition coefficient (Wildman–Crippen LogP) is 2.22. The van der Waals surface area contributed by atoms with Crippen LogP contribution in [0, 0.1) is 17.1 Å². The van der Waals surface area contributed by atoms with Crippen molar-refractivity contribution in [2.45, 2.75) is 31.2 Å². The SMILES string of the molecule is N#Cc1c(F)cccc1NC(=O)NC1(C(=O)O)CCCC1. The van der Waals surface area contributed by atoms with Gasteiger partial charge in [0.2, 0.25) is 0 Å². The number of nitrogens with one attached hydrogen (secondary N) is 2. The molecular formula is C14H14FN3O3. The van der Waals surface area contributed by atoms with Crippen molar-refractivity contribution in [3.8, 4) is 6.07 Å². The first kappa shape index (κ1) is 14.8. The van der Waals surface area contributed by atoms with Crippen LogP contribution in [-0.4, -0.2) is 22.6 Å².